The van der Waals surface area contributed by atoms with Crippen molar-refractivity contribution < 1.29 is 9.13 Å². The molecule has 0 amide bonds. The Morgan fingerprint density at radius 3 is 2.96 bits per heavy atom. The van der Waals surface area contributed by atoms with Crippen LogP contribution in [0.1, 0.15) is 36.5 Å². The lowest BCUT2D eigenvalue weighted by molar-refractivity contribution is 0.386. The van der Waals surface area contributed by atoms with E-state index in [9.17, 15) is 9.65 Å². The number of hydrogen-bond acceptors (Lipinski definition) is 4. The standard InChI is InChI=1S/C17H17FN4O/c1-23-15-7-6-12(10-14(15)18)9-13(11-19)17-21-20-16-5-3-2-4-8-22(16)17/h6-7,9-10H,2-5,8H2,1H3. The van der Waals surface area contributed by atoms with E-state index in [-0.39, 0.29) is 5.75 Å². The average molecular weight is 312 g/mol. The van der Waals surface area contributed by atoms with Gasteiger partial charge in [-0.2, -0.15) is 5.26 Å². The monoisotopic (exact) mass is 312 g/mol. The first-order valence-electron chi connectivity index (χ1n) is 7.60. The third-order valence-electron chi connectivity index (χ3n) is 3.96. The van der Waals surface area contributed by atoms with Crippen LogP contribution < -0.4 is 4.74 Å². The molecule has 1 aromatic heterocycles. The number of hydrogen-bond donors (Lipinski definition) is 0. The number of benzene rings is 1. The number of methoxy groups -OCH3 is 1. The first kappa shape index (κ1) is 15.2. The van der Waals surface area contributed by atoms with E-state index < -0.39 is 5.82 Å². The summed E-state index contributed by atoms with van der Waals surface area (Å²) in [5.74, 6) is 1.19. The van der Waals surface area contributed by atoms with E-state index in [0.29, 0.717) is 17.0 Å². The Balaban J connectivity index is 1.99. The average Bonchev–Trinajstić information content (AvgIpc) is 2.81. The number of rotatable bonds is 3. The molecule has 2 heterocycles. The summed E-state index contributed by atoms with van der Waals surface area (Å²) in [7, 11) is 1.42. The van der Waals surface area contributed by atoms with Crippen molar-refractivity contribution in [3.8, 4) is 11.8 Å². The van der Waals surface area contributed by atoms with Gasteiger partial charge >= 0.3 is 0 Å². The molecule has 2 aromatic rings. The van der Waals surface area contributed by atoms with Crippen LogP contribution in [0, 0.1) is 17.1 Å². The summed E-state index contributed by atoms with van der Waals surface area (Å²) in [5, 5.41) is 17.8. The maximum absolute atomic E-state index is 13.8. The molecule has 0 N–H and O–H groups in total. The van der Waals surface area contributed by atoms with Crippen molar-refractivity contribution in [2.24, 2.45) is 0 Å². The van der Waals surface area contributed by atoms with Crippen LogP contribution in [0.15, 0.2) is 18.2 Å². The number of aromatic nitrogens is 3. The Labute approximate surface area is 134 Å². The topological polar surface area (TPSA) is 63.7 Å². The van der Waals surface area contributed by atoms with Crippen molar-refractivity contribution in [2.75, 3.05) is 7.11 Å². The summed E-state index contributed by atoms with van der Waals surface area (Å²) in [6.45, 7) is 0.813. The number of ether oxygens (including phenoxy) is 1. The Morgan fingerprint density at radius 2 is 2.22 bits per heavy atom. The van der Waals surface area contributed by atoms with Crippen molar-refractivity contribution in [1.29, 1.82) is 5.26 Å². The molecule has 5 nitrogen and oxygen atoms in total. The summed E-state index contributed by atoms with van der Waals surface area (Å²) in [6, 6.07) is 6.75. The van der Waals surface area contributed by atoms with Gasteiger partial charge in [0.15, 0.2) is 17.4 Å². The quantitative estimate of drug-likeness (QED) is 0.816. The first-order valence-corrected chi connectivity index (χ1v) is 7.60. The number of aryl methyl sites for hydroxylation is 1. The second-order valence-corrected chi connectivity index (χ2v) is 5.47. The summed E-state index contributed by atoms with van der Waals surface area (Å²) in [6.07, 6.45) is 5.80. The molecule has 23 heavy (non-hydrogen) atoms. The van der Waals surface area contributed by atoms with Gasteiger partial charge in [-0.25, -0.2) is 4.39 Å². The number of fused-ring (bicyclic) bond motifs is 1. The summed E-state index contributed by atoms with van der Waals surface area (Å²) in [4.78, 5) is 0. The zero-order chi connectivity index (χ0) is 16.2. The van der Waals surface area contributed by atoms with Gasteiger partial charge < -0.3 is 9.30 Å². The second kappa shape index (κ2) is 6.61. The molecule has 0 radical (unpaired) electrons. The van der Waals surface area contributed by atoms with Crippen LogP contribution in [0.2, 0.25) is 0 Å². The van der Waals surface area contributed by atoms with Crippen molar-refractivity contribution >= 4 is 11.6 Å². The van der Waals surface area contributed by atoms with E-state index in [2.05, 4.69) is 16.3 Å². The maximum Gasteiger partial charge on any atom is 0.174 e. The minimum atomic E-state index is -0.460. The summed E-state index contributed by atoms with van der Waals surface area (Å²) >= 11 is 0. The lowest BCUT2D eigenvalue weighted by atomic mass is 10.1. The Hall–Kier alpha value is -2.68. The Kier molecular flexibility index (Phi) is 4.38. The van der Waals surface area contributed by atoms with Gasteiger partial charge in [-0.05, 0) is 36.6 Å². The van der Waals surface area contributed by atoms with Crippen molar-refractivity contribution in [3.63, 3.8) is 0 Å². The molecule has 1 aliphatic heterocycles. The molecular formula is C17H17FN4O. The van der Waals surface area contributed by atoms with Crippen LogP contribution in [0.25, 0.3) is 11.6 Å². The normalized spacial score (nSPS) is 14.7. The lowest BCUT2D eigenvalue weighted by Crippen LogP contribution is -2.05. The molecule has 1 aliphatic rings. The fraction of sp³-hybridized carbons (Fsp3) is 0.353. The zero-order valence-corrected chi connectivity index (χ0v) is 12.9. The van der Waals surface area contributed by atoms with Gasteiger partial charge in [0.25, 0.3) is 0 Å². The summed E-state index contributed by atoms with van der Waals surface area (Å²) in [5.41, 5.74) is 0.973. The number of halogens is 1. The molecular weight excluding hydrogens is 295 g/mol. The number of allylic oxidation sites excluding steroid dienone is 1. The van der Waals surface area contributed by atoms with Crippen LogP contribution >= 0.6 is 0 Å². The van der Waals surface area contributed by atoms with Crippen LogP contribution in [-0.2, 0) is 13.0 Å². The van der Waals surface area contributed by atoms with Gasteiger partial charge in [0.05, 0.1) is 12.7 Å². The highest BCUT2D eigenvalue weighted by molar-refractivity contribution is 5.87. The molecule has 118 valence electrons. The molecule has 0 saturated heterocycles. The van der Waals surface area contributed by atoms with Gasteiger partial charge in [0.1, 0.15) is 11.9 Å². The first-order chi connectivity index (χ1) is 11.2. The molecule has 0 fully saturated rings. The Bertz CT molecular complexity index is 788. The molecule has 0 bridgehead atoms. The van der Waals surface area contributed by atoms with Crippen LogP contribution in [-0.4, -0.2) is 21.9 Å². The number of nitrogens with zero attached hydrogens (tertiary/aromatic N) is 4. The fourth-order valence-corrected chi connectivity index (χ4v) is 2.77. The van der Waals surface area contributed by atoms with Crippen molar-refractivity contribution in [3.05, 3.63) is 41.2 Å². The van der Waals surface area contributed by atoms with E-state index >= 15 is 0 Å². The van der Waals surface area contributed by atoms with Crippen LogP contribution in [0.5, 0.6) is 5.75 Å². The van der Waals surface area contributed by atoms with E-state index in [4.69, 9.17) is 4.74 Å². The van der Waals surface area contributed by atoms with Crippen LogP contribution in [0.4, 0.5) is 4.39 Å². The highest BCUT2D eigenvalue weighted by Gasteiger charge is 2.17. The van der Waals surface area contributed by atoms with Crippen molar-refractivity contribution in [1.82, 2.24) is 14.8 Å². The molecule has 0 saturated carbocycles. The molecule has 1 aromatic carbocycles. The second-order valence-electron chi connectivity index (χ2n) is 5.47. The van der Waals surface area contributed by atoms with Gasteiger partial charge in [-0.3, -0.25) is 0 Å². The highest BCUT2D eigenvalue weighted by atomic mass is 19.1. The lowest BCUT2D eigenvalue weighted by Gasteiger charge is -2.06. The predicted molar refractivity (Wildman–Crippen MR) is 84.0 cm³/mol. The van der Waals surface area contributed by atoms with E-state index in [1.54, 1.807) is 18.2 Å². The van der Waals surface area contributed by atoms with Gasteiger partial charge in [-0.15, -0.1) is 10.2 Å². The zero-order valence-electron chi connectivity index (χ0n) is 12.9. The SMILES string of the molecule is COc1ccc(C=C(C#N)c2nnc3n2CCCCC3)cc1F. The molecule has 0 atom stereocenters. The molecule has 3 rings (SSSR count). The third-order valence-corrected chi connectivity index (χ3v) is 3.96. The van der Waals surface area contributed by atoms with Gasteiger partial charge in [0, 0.05) is 13.0 Å². The van der Waals surface area contributed by atoms with Crippen LogP contribution in [0.3, 0.4) is 0 Å². The minimum Gasteiger partial charge on any atom is -0.494 e. The van der Waals surface area contributed by atoms with Gasteiger partial charge in [-0.1, -0.05) is 12.5 Å². The Morgan fingerprint density at radius 1 is 1.35 bits per heavy atom. The highest BCUT2D eigenvalue weighted by Crippen LogP contribution is 2.23. The van der Waals surface area contributed by atoms with E-state index in [1.807, 2.05) is 4.57 Å². The molecule has 0 unspecified atom stereocenters. The van der Waals surface area contributed by atoms with Gasteiger partial charge in [0.2, 0.25) is 0 Å². The third kappa shape index (κ3) is 3.09. The number of nitriles is 1. The van der Waals surface area contributed by atoms with E-state index in [1.165, 1.54) is 13.2 Å². The van der Waals surface area contributed by atoms with E-state index in [0.717, 1.165) is 38.1 Å². The molecule has 0 spiro atoms. The fourth-order valence-electron chi connectivity index (χ4n) is 2.77. The van der Waals surface area contributed by atoms with Crippen molar-refractivity contribution in [2.45, 2.75) is 32.2 Å². The molecule has 0 aliphatic carbocycles. The predicted octanol–water partition coefficient (Wildman–Crippen LogP) is 3.22. The minimum absolute atomic E-state index is 0.178. The maximum atomic E-state index is 13.8. The summed E-state index contributed by atoms with van der Waals surface area (Å²) < 4.78 is 20.7. The largest absolute Gasteiger partial charge is 0.494 e. The molecule has 6 heteroatoms. The smallest absolute Gasteiger partial charge is 0.174 e.